The largest absolute Gasteiger partial charge is 0.343 e. The predicted molar refractivity (Wildman–Crippen MR) is 85.2 cm³/mol. The van der Waals surface area contributed by atoms with E-state index in [0.29, 0.717) is 5.92 Å². The number of pyridine rings is 1. The molecule has 1 saturated heterocycles. The zero-order chi connectivity index (χ0) is 15.5. The molecule has 0 radical (unpaired) electrons. The molecule has 116 valence electrons. The number of imidazole rings is 1. The van der Waals surface area contributed by atoms with Crippen LogP contribution in [0.1, 0.15) is 25.5 Å². The second kappa shape index (κ2) is 6.30. The van der Waals surface area contributed by atoms with E-state index in [1.165, 1.54) is 0 Å². The van der Waals surface area contributed by atoms with Gasteiger partial charge in [0, 0.05) is 56.4 Å². The number of aryl methyl sites for hydroxylation is 1. The average Bonchev–Trinajstić information content (AvgIpc) is 2.89. The molecule has 22 heavy (non-hydrogen) atoms. The van der Waals surface area contributed by atoms with Gasteiger partial charge >= 0.3 is 0 Å². The van der Waals surface area contributed by atoms with Crippen molar-refractivity contribution < 1.29 is 4.79 Å². The molecule has 1 unspecified atom stereocenters. The number of piperidine rings is 1. The van der Waals surface area contributed by atoms with Gasteiger partial charge in [0.25, 0.3) is 0 Å². The van der Waals surface area contributed by atoms with Crippen LogP contribution in [0.15, 0.2) is 30.7 Å². The Hall–Kier alpha value is -2.17. The molecule has 1 fully saturated rings. The molecule has 0 bridgehead atoms. The Morgan fingerprint density at radius 2 is 2.27 bits per heavy atom. The zero-order valence-corrected chi connectivity index (χ0v) is 13.2. The Kier molecular flexibility index (Phi) is 4.22. The lowest BCUT2D eigenvalue weighted by Gasteiger charge is -2.32. The molecule has 3 heterocycles. The van der Waals surface area contributed by atoms with Crippen LogP contribution in [0.5, 0.6) is 0 Å². The highest BCUT2D eigenvalue weighted by atomic mass is 16.2. The van der Waals surface area contributed by atoms with Gasteiger partial charge in [0.05, 0.1) is 0 Å². The first-order valence-corrected chi connectivity index (χ1v) is 7.83. The van der Waals surface area contributed by atoms with E-state index in [1.807, 2.05) is 29.4 Å². The molecule has 3 rings (SSSR count). The molecule has 5 heteroatoms. The van der Waals surface area contributed by atoms with Gasteiger partial charge in [-0.2, -0.15) is 0 Å². The Balaban J connectivity index is 1.81. The molecule has 2 aromatic heterocycles. The van der Waals surface area contributed by atoms with Gasteiger partial charge in [-0.05, 0) is 37.8 Å². The first-order chi connectivity index (χ1) is 10.6. The van der Waals surface area contributed by atoms with Crippen LogP contribution in [0.25, 0.3) is 11.4 Å². The minimum Gasteiger partial charge on any atom is -0.343 e. The van der Waals surface area contributed by atoms with Crippen molar-refractivity contribution >= 4 is 5.91 Å². The molecule has 0 saturated carbocycles. The van der Waals surface area contributed by atoms with E-state index in [9.17, 15) is 4.79 Å². The van der Waals surface area contributed by atoms with Gasteiger partial charge in [0.15, 0.2) is 0 Å². The van der Waals surface area contributed by atoms with Crippen LogP contribution in [0.3, 0.4) is 0 Å². The lowest BCUT2D eigenvalue weighted by molar-refractivity contribution is -0.130. The lowest BCUT2D eigenvalue weighted by atomic mass is 9.97. The summed E-state index contributed by atoms with van der Waals surface area (Å²) in [7, 11) is 0. The fraction of sp³-hybridized carbons (Fsp3) is 0.471. The van der Waals surface area contributed by atoms with Gasteiger partial charge in [0.2, 0.25) is 5.91 Å². The Bertz CT molecular complexity index is 650. The summed E-state index contributed by atoms with van der Waals surface area (Å²) in [6.45, 7) is 6.38. The van der Waals surface area contributed by atoms with Crippen molar-refractivity contribution in [2.45, 2.75) is 33.2 Å². The summed E-state index contributed by atoms with van der Waals surface area (Å²) in [6, 6.07) is 3.97. The van der Waals surface area contributed by atoms with Gasteiger partial charge in [0.1, 0.15) is 5.82 Å². The van der Waals surface area contributed by atoms with Crippen molar-refractivity contribution in [1.82, 2.24) is 19.4 Å². The van der Waals surface area contributed by atoms with Crippen LogP contribution in [0.2, 0.25) is 0 Å². The summed E-state index contributed by atoms with van der Waals surface area (Å²) in [5.41, 5.74) is 2.19. The molecule has 1 aliphatic rings. The van der Waals surface area contributed by atoms with E-state index >= 15 is 0 Å². The number of rotatable bonds is 3. The third-order valence-electron chi connectivity index (χ3n) is 4.38. The normalized spacial score (nSPS) is 18.5. The number of nitrogens with zero attached hydrogens (tertiary/aromatic N) is 4. The molecule has 2 aromatic rings. The molecule has 0 spiro atoms. The number of carbonyl (C=O) groups excluding carboxylic acids is 1. The van der Waals surface area contributed by atoms with Crippen LogP contribution < -0.4 is 0 Å². The van der Waals surface area contributed by atoms with Gasteiger partial charge < -0.3 is 9.47 Å². The number of aromatic nitrogens is 3. The third kappa shape index (κ3) is 3.03. The summed E-state index contributed by atoms with van der Waals surface area (Å²) < 4.78 is 2.26. The Morgan fingerprint density at radius 3 is 3.00 bits per heavy atom. The van der Waals surface area contributed by atoms with Crippen molar-refractivity contribution in [2.75, 3.05) is 13.1 Å². The molecule has 1 atom stereocenters. The summed E-state index contributed by atoms with van der Waals surface area (Å²) in [5.74, 6) is 1.63. The van der Waals surface area contributed by atoms with Gasteiger partial charge in [-0.3, -0.25) is 9.78 Å². The molecule has 0 aliphatic carbocycles. The molecular weight excluding hydrogens is 276 g/mol. The van der Waals surface area contributed by atoms with E-state index in [4.69, 9.17) is 0 Å². The highest BCUT2D eigenvalue weighted by Crippen LogP contribution is 2.24. The number of hydrogen-bond acceptors (Lipinski definition) is 3. The standard InChI is InChI=1S/C17H22N4O/c1-13-9-19-17(16-6-3-7-18-10-16)21(13)12-15-5-4-8-20(11-15)14(2)22/h3,6-7,9-10,15H,4-5,8,11-12H2,1-2H3. The van der Waals surface area contributed by atoms with Crippen molar-refractivity contribution in [1.29, 1.82) is 0 Å². The first-order valence-electron chi connectivity index (χ1n) is 7.83. The highest BCUT2D eigenvalue weighted by Gasteiger charge is 2.23. The minimum atomic E-state index is 0.180. The Labute approximate surface area is 131 Å². The molecule has 0 N–H and O–H groups in total. The van der Waals surface area contributed by atoms with Gasteiger partial charge in [-0.1, -0.05) is 0 Å². The fourth-order valence-corrected chi connectivity index (χ4v) is 3.18. The van der Waals surface area contributed by atoms with Gasteiger partial charge in [-0.15, -0.1) is 0 Å². The number of carbonyl (C=O) groups is 1. The summed E-state index contributed by atoms with van der Waals surface area (Å²) in [5, 5.41) is 0. The van der Waals surface area contributed by atoms with Crippen molar-refractivity contribution in [3.05, 3.63) is 36.4 Å². The highest BCUT2D eigenvalue weighted by molar-refractivity contribution is 5.73. The predicted octanol–water partition coefficient (Wildman–Crippen LogP) is 2.51. The SMILES string of the molecule is CC(=O)N1CCCC(Cn2c(C)cnc2-c2cccnc2)C1. The second-order valence-corrected chi connectivity index (χ2v) is 6.05. The molecular formula is C17H22N4O. The van der Waals surface area contributed by atoms with Crippen molar-refractivity contribution in [2.24, 2.45) is 5.92 Å². The van der Waals surface area contributed by atoms with E-state index in [-0.39, 0.29) is 5.91 Å². The monoisotopic (exact) mass is 298 g/mol. The van der Waals surface area contributed by atoms with Crippen molar-refractivity contribution in [3.63, 3.8) is 0 Å². The quantitative estimate of drug-likeness (QED) is 0.875. The van der Waals surface area contributed by atoms with Crippen LogP contribution in [-0.2, 0) is 11.3 Å². The number of hydrogen-bond donors (Lipinski definition) is 0. The number of amides is 1. The molecule has 5 nitrogen and oxygen atoms in total. The summed E-state index contributed by atoms with van der Waals surface area (Å²) >= 11 is 0. The second-order valence-electron chi connectivity index (χ2n) is 6.05. The smallest absolute Gasteiger partial charge is 0.219 e. The van der Waals surface area contributed by atoms with E-state index < -0.39 is 0 Å². The average molecular weight is 298 g/mol. The fourth-order valence-electron chi connectivity index (χ4n) is 3.18. The van der Waals surface area contributed by atoms with E-state index in [1.54, 1.807) is 13.1 Å². The van der Waals surface area contributed by atoms with Crippen molar-refractivity contribution in [3.8, 4) is 11.4 Å². The minimum absolute atomic E-state index is 0.180. The lowest BCUT2D eigenvalue weighted by Crippen LogP contribution is -2.40. The van der Waals surface area contributed by atoms with Crippen LogP contribution in [-0.4, -0.2) is 38.4 Å². The molecule has 1 aliphatic heterocycles. The third-order valence-corrected chi connectivity index (χ3v) is 4.38. The zero-order valence-electron chi connectivity index (χ0n) is 13.2. The first kappa shape index (κ1) is 14.8. The maximum atomic E-state index is 11.6. The summed E-state index contributed by atoms with van der Waals surface area (Å²) in [4.78, 5) is 22.3. The van der Waals surface area contributed by atoms with Gasteiger partial charge in [-0.25, -0.2) is 4.98 Å². The van der Waals surface area contributed by atoms with E-state index in [2.05, 4.69) is 21.5 Å². The van der Waals surface area contributed by atoms with Crippen LogP contribution in [0, 0.1) is 12.8 Å². The topological polar surface area (TPSA) is 51.0 Å². The maximum Gasteiger partial charge on any atom is 0.219 e. The summed E-state index contributed by atoms with van der Waals surface area (Å²) in [6.07, 6.45) is 7.78. The molecule has 1 amide bonds. The van der Waals surface area contributed by atoms with Crippen LogP contribution in [0.4, 0.5) is 0 Å². The number of likely N-dealkylation sites (tertiary alicyclic amines) is 1. The Morgan fingerprint density at radius 1 is 1.41 bits per heavy atom. The van der Waals surface area contributed by atoms with Crippen LogP contribution >= 0.6 is 0 Å². The maximum absolute atomic E-state index is 11.6. The molecule has 0 aromatic carbocycles. The van der Waals surface area contributed by atoms with E-state index in [0.717, 1.165) is 49.6 Å².